The molecule has 2 saturated heterocycles. The van der Waals surface area contributed by atoms with Crippen molar-refractivity contribution in [2.75, 3.05) is 200 Å². The number of methoxy groups -OCH3 is 3. The molecule has 0 atom stereocenters. The molecule has 4 aromatic heterocycles. The Morgan fingerprint density at radius 3 is 1.30 bits per heavy atom. The molecule has 6 aliphatic rings. The number of benzene rings is 8. The van der Waals surface area contributed by atoms with E-state index in [-0.39, 0.29) is 0 Å². The van der Waals surface area contributed by atoms with E-state index in [4.69, 9.17) is 72.0 Å². The van der Waals surface area contributed by atoms with Crippen LogP contribution < -0.4 is 69.4 Å². The van der Waals surface area contributed by atoms with Gasteiger partial charge in [0.25, 0.3) is 0 Å². The average Bonchev–Trinajstić information content (AvgIpc) is 0.847. The lowest BCUT2D eigenvalue weighted by molar-refractivity contribution is 0.122. The number of aryl methyl sites for hydroxylation is 1. The van der Waals surface area contributed by atoms with Crippen molar-refractivity contribution in [1.29, 1.82) is 0 Å². The zero-order valence-corrected chi connectivity index (χ0v) is 80.3. The minimum atomic E-state index is 0.503. The molecule has 720 valence electrons. The van der Waals surface area contributed by atoms with Crippen molar-refractivity contribution >= 4 is 52.2 Å². The highest BCUT2D eigenvalue weighted by Gasteiger charge is 2.23. The first-order chi connectivity index (χ1) is 67.8. The number of fused-ring (bicyclic) bond motifs is 28. The lowest BCUT2D eigenvalue weighted by Gasteiger charge is -2.31. The number of morpholine rings is 1. The fourth-order valence-electron chi connectivity index (χ4n) is 16.4. The maximum Gasteiger partial charge on any atom is 0.227 e. The van der Waals surface area contributed by atoms with Gasteiger partial charge >= 0.3 is 0 Å². The summed E-state index contributed by atoms with van der Waals surface area (Å²) in [6.07, 6.45) is 30.5. The topological polar surface area (TPSA) is 281 Å². The summed E-state index contributed by atoms with van der Waals surface area (Å²) in [5.74, 6) is 8.71. The molecule has 138 heavy (non-hydrogen) atoms. The van der Waals surface area contributed by atoms with Crippen LogP contribution in [0.25, 0.3) is 45.0 Å². The van der Waals surface area contributed by atoms with E-state index in [2.05, 4.69) is 177 Å². The van der Waals surface area contributed by atoms with Crippen LogP contribution in [0.2, 0.25) is 0 Å². The van der Waals surface area contributed by atoms with Gasteiger partial charge in [0, 0.05) is 184 Å². The molecule has 6 aliphatic heterocycles. The second-order valence-corrected chi connectivity index (χ2v) is 34.1. The largest absolute Gasteiger partial charge is 0.493 e. The molecule has 0 unspecified atom stereocenters. The van der Waals surface area contributed by atoms with Gasteiger partial charge in [-0.05, 0) is 218 Å². The third-order valence-corrected chi connectivity index (χ3v) is 23.3. The predicted octanol–water partition coefficient (Wildman–Crippen LogP) is 19.0. The van der Waals surface area contributed by atoms with Crippen molar-refractivity contribution in [1.82, 2.24) is 64.8 Å². The number of nitrogens with zero attached hydrogens (tertiary/aromatic N) is 13. The summed E-state index contributed by atoms with van der Waals surface area (Å²) >= 11 is 0. The van der Waals surface area contributed by atoms with E-state index in [9.17, 15) is 0 Å². The van der Waals surface area contributed by atoms with Crippen LogP contribution in [0.1, 0.15) is 66.3 Å². The standard InChI is InChI=1S/C30H37N5O3.C27H32N4O3.C26H29N5O2.C26H30N4O3/c1-34-13-4-3-7-17-37-26-10-8-9-23(20-26)27-11-12-31-30(33-27)32-25-19-24(22-34)29(28(21-25)36-2)38-18-16-35-14-5-6-15-35;1-20-18-28-27-29-23-10-11-25(34-15-14-32-3)22(16-23)19-31(2)12-5-4-6-13-33-24-9-7-8-21(17-24)26(20)30-27;1-2-10-27-19-21-17-22(7-8-25(21)31-12-15-32-16-13-31)29-26-28-11-9-24(30-26)20-5-4-6-23(18-20)33-14-3-1;1-30-13-4-3-5-14-32-23-8-6-7-20(18-23)24-11-12-27-26(29-24)28-22-9-10-25(21(17-22)19-30)33-16-15-31-2/h3-4,8-12,19-21H,5-7,13-18,22H2,1-2H3,(H,31,32,33);4-5,7-11,16-18H,6,12-15,19H2,1-3H3,(H,28,29,30);1-2,4-9,11,17-18,27H,3,10,12-16,19H2,(H,28,29,30);3-4,6-12,17-18H,5,13-16,19H2,1-2H3,(H,27,28,29)/b4-3+;5-4+;2-1+;4-3+. The van der Waals surface area contributed by atoms with Crippen LogP contribution in [-0.2, 0) is 40.4 Å². The third-order valence-electron chi connectivity index (χ3n) is 23.3. The second-order valence-electron chi connectivity index (χ2n) is 34.1. The zero-order valence-electron chi connectivity index (χ0n) is 80.3. The van der Waals surface area contributed by atoms with E-state index in [0.717, 1.165) is 248 Å². The Bertz CT molecular complexity index is 6010. The van der Waals surface area contributed by atoms with Gasteiger partial charge in [-0.1, -0.05) is 97.1 Å². The van der Waals surface area contributed by atoms with Gasteiger partial charge in [-0.2, -0.15) is 0 Å². The molecular formula is C109H128N18O11. The van der Waals surface area contributed by atoms with Crippen LogP contribution in [0, 0.1) is 6.92 Å². The van der Waals surface area contributed by atoms with E-state index >= 15 is 0 Å². The molecule has 2 fully saturated rings. The molecular weight excluding hydrogens is 1740 g/mol. The summed E-state index contributed by atoms with van der Waals surface area (Å²) in [7, 11) is 11.3. The van der Waals surface area contributed by atoms with Gasteiger partial charge in [0.2, 0.25) is 23.8 Å². The van der Waals surface area contributed by atoms with Crippen molar-refractivity contribution in [2.45, 2.75) is 71.6 Å². The summed E-state index contributed by atoms with van der Waals surface area (Å²) < 4.78 is 63.8. The number of nitrogens with one attached hydrogen (secondary N) is 5. The number of hydrogen-bond donors (Lipinski definition) is 5. The first-order valence-electron chi connectivity index (χ1n) is 47.6. The Labute approximate surface area is 810 Å². The summed E-state index contributed by atoms with van der Waals surface area (Å²) in [4.78, 5) is 48.5. The molecule has 10 heterocycles. The fourth-order valence-corrected chi connectivity index (χ4v) is 16.4. The predicted molar refractivity (Wildman–Crippen MR) is 547 cm³/mol. The Morgan fingerprint density at radius 1 is 0.377 bits per heavy atom. The second kappa shape index (κ2) is 52.4. The molecule has 8 aromatic carbocycles. The van der Waals surface area contributed by atoms with Gasteiger partial charge in [0.1, 0.15) is 54.3 Å². The highest BCUT2D eigenvalue weighted by molar-refractivity contribution is 5.71. The van der Waals surface area contributed by atoms with Crippen molar-refractivity contribution in [3.05, 3.63) is 283 Å². The summed E-state index contributed by atoms with van der Waals surface area (Å²) in [5, 5.41) is 17.0. The van der Waals surface area contributed by atoms with Crippen molar-refractivity contribution in [2.24, 2.45) is 0 Å². The molecule has 0 radical (unpaired) electrons. The number of hydrogen-bond acceptors (Lipinski definition) is 29. The first kappa shape index (κ1) is 98.6. The van der Waals surface area contributed by atoms with Gasteiger partial charge in [0.05, 0.1) is 82.7 Å². The van der Waals surface area contributed by atoms with Gasteiger partial charge in [0.15, 0.2) is 11.5 Å². The van der Waals surface area contributed by atoms with Crippen LogP contribution in [-0.4, -0.2) is 234 Å². The Balaban J connectivity index is 0.000000140. The first-order valence-corrected chi connectivity index (χ1v) is 47.6. The third kappa shape index (κ3) is 30.3. The molecule has 29 nitrogen and oxygen atoms in total. The highest BCUT2D eigenvalue weighted by Crippen LogP contribution is 2.39. The lowest BCUT2D eigenvalue weighted by atomic mass is 10.1. The van der Waals surface area contributed by atoms with Crippen LogP contribution in [0.15, 0.2) is 255 Å². The van der Waals surface area contributed by atoms with Crippen LogP contribution in [0.4, 0.5) is 52.2 Å². The van der Waals surface area contributed by atoms with E-state index < -0.39 is 0 Å². The van der Waals surface area contributed by atoms with E-state index in [1.54, 1.807) is 39.9 Å². The Hall–Kier alpha value is -13.9. The molecule has 12 aromatic rings. The molecule has 0 aliphatic carbocycles. The average molecular weight is 1870 g/mol. The van der Waals surface area contributed by atoms with Crippen molar-refractivity contribution in [3.63, 3.8) is 0 Å². The van der Waals surface area contributed by atoms with E-state index in [0.29, 0.717) is 95.5 Å². The summed E-state index contributed by atoms with van der Waals surface area (Å²) in [5.41, 5.74) is 17.7. The zero-order chi connectivity index (χ0) is 95.1. The quantitative estimate of drug-likeness (QED) is 0.0499. The van der Waals surface area contributed by atoms with E-state index in [1.165, 1.54) is 24.1 Å². The minimum absolute atomic E-state index is 0.503. The van der Waals surface area contributed by atoms with E-state index in [1.807, 2.05) is 159 Å². The van der Waals surface area contributed by atoms with Crippen molar-refractivity contribution < 1.29 is 52.1 Å². The number of anilines is 9. The minimum Gasteiger partial charge on any atom is -0.493 e. The monoisotopic (exact) mass is 1870 g/mol. The molecule has 24 bridgehead atoms. The van der Waals surface area contributed by atoms with Crippen LogP contribution >= 0.6 is 0 Å². The Kier molecular flexibility index (Phi) is 37.5. The van der Waals surface area contributed by atoms with Gasteiger partial charge < -0.3 is 83.6 Å². The number of likely N-dealkylation sites (tertiary alicyclic amines) is 1. The van der Waals surface area contributed by atoms with Gasteiger partial charge in [-0.3, -0.25) is 19.6 Å². The number of likely N-dealkylation sites (N-methyl/N-ethyl adjacent to an activating group) is 3. The normalized spacial score (nSPS) is 16.6. The highest BCUT2D eigenvalue weighted by atomic mass is 16.5. The molecule has 29 heteroatoms. The summed E-state index contributed by atoms with van der Waals surface area (Å²) in [6, 6.07) is 60.5. The maximum absolute atomic E-state index is 6.37. The smallest absolute Gasteiger partial charge is 0.227 e. The maximum atomic E-state index is 6.37. The van der Waals surface area contributed by atoms with Gasteiger partial charge in [-0.15, -0.1) is 0 Å². The number of aromatic nitrogens is 8. The molecule has 0 saturated carbocycles. The molecule has 0 amide bonds. The van der Waals surface area contributed by atoms with Crippen molar-refractivity contribution in [3.8, 4) is 91.0 Å². The number of ether oxygens (including phenoxy) is 11. The fraction of sp³-hybridized carbons (Fsp3) is 0.339. The number of rotatable bonds is 14. The van der Waals surface area contributed by atoms with Gasteiger partial charge in [-0.25, -0.2) is 39.9 Å². The summed E-state index contributed by atoms with van der Waals surface area (Å²) in [6.45, 7) is 20.0. The van der Waals surface area contributed by atoms with Crippen LogP contribution in [0.5, 0.6) is 46.0 Å². The lowest BCUT2D eigenvalue weighted by Crippen LogP contribution is -2.37. The molecule has 5 N–H and O–H groups in total. The Morgan fingerprint density at radius 2 is 0.812 bits per heavy atom. The SMILES string of the molecule is C1=C/CNCc2cc(ccc2N2CCOCC2)Nc2nccc(n2)-c2cccc(c2)OCC/1.COCCOc1ccc2cc1CN(C)C/C=C/CCOc1cccc(c1)-c1ccnc(n1)N2.COCCOc1ccc2cc1CN(C)C/C=C/CCOc1cccc(c1)-c1nc(ncc1C)N2.COc1cc2cc(c1OCCN1CCCC1)CN(C)C/C=C/CCOc1cccc(c1)-c1ccnc(n1)N2. The molecule has 0 spiro atoms. The molecule has 18 rings (SSSR count). The van der Waals surface area contributed by atoms with Crippen LogP contribution in [0.3, 0.4) is 0 Å².